The number of anilines is 1. The molecule has 0 bridgehead atoms. The first-order valence-corrected chi connectivity index (χ1v) is 20.9. The minimum absolute atomic E-state index is 0.0520. The van der Waals surface area contributed by atoms with E-state index in [1.54, 1.807) is 38.1 Å². The summed E-state index contributed by atoms with van der Waals surface area (Å²) in [4.78, 5) is 64.2. The minimum atomic E-state index is -1.36. The van der Waals surface area contributed by atoms with Gasteiger partial charge in [0.25, 0.3) is 5.91 Å². The van der Waals surface area contributed by atoms with Crippen molar-refractivity contribution in [1.82, 2.24) is 5.32 Å². The SMILES string of the molecule is CCCCCCCCCCCCCCCCCCNC(=O)c1cccc(SC(C(=O)Nc2cc(C(=O)O)cc(C(=O)O)c2)C(=O)C(C)(C)SCC)c1. The summed E-state index contributed by atoms with van der Waals surface area (Å²) in [6, 6.07) is 10.0. The molecule has 4 N–H and O–H groups in total. The van der Waals surface area contributed by atoms with Gasteiger partial charge in [0.1, 0.15) is 5.25 Å². The molecule has 2 amide bonds. The fraction of sp³-hybridized carbons (Fsp3) is 0.585. The third-order valence-corrected chi connectivity index (χ3v) is 11.3. The van der Waals surface area contributed by atoms with Gasteiger partial charge >= 0.3 is 11.9 Å². The monoisotopic (exact) mass is 756 g/mol. The molecule has 1 atom stereocenters. The fourth-order valence-electron chi connectivity index (χ4n) is 5.95. The van der Waals surface area contributed by atoms with Gasteiger partial charge in [-0.05, 0) is 62.4 Å². The van der Waals surface area contributed by atoms with E-state index in [9.17, 15) is 34.2 Å². The number of aromatic carboxylic acids is 2. The molecular formula is C41H60N2O7S2. The molecule has 2 rings (SSSR count). The van der Waals surface area contributed by atoms with Gasteiger partial charge < -0.3 is 20.8 Å². The summed E-state index contributed by atoms with van der Waals surface area (Å²) in [5.74, 6) is -3.40. The molecule has 9 nitrogen and oxygen atoms in total. The zero-order valence-corrected chi connectivity index (χ0v) is 33.2. The van der Waals surface area contributed by atoms with Gasteiger partial charge in [0.05, 0.1) is 15.9 Å². The van der Waals surface area contributed by atoms with E-state index in [2.05, 4.69) is 17.6 Å². The predicted molar refractivity (Wildman–Crippen MR) is 214 cm³/mol. The highest BCUT2D eigenvalue weighted by Gasteiger charge is 2.39. The van der Waals surface area contributed by atoms with Crippen molar-refractivity contribution in [2.24, 2.45) is 0 Å². The number of carboxylic acid groups (broad SMARTS) is 2. The lowest BCUT2D eigenvalue weighted by Gasteiger charge is -2.27. The summed E-state index contributed by atoms with van der Waals surface area (Å²) in [7, 11) is 0. The maximum atomic E-state index is 13.8. The number of carboxylic acids is 2. The predicted octanol–water partition coefficient (Wildman–Crippen LogP) is 10.3. The minimum Gasteiger partial charge on any atom is -0.478 e. The molecule has 2 aromatic carbocycles. The highest BCUT2D eigenvalue weighted by Crippen LogP contribution is 2.34. The molecular weight excluding hydrogens is 697 g/mol. The van der Waals surface area contributed by atoms with Gasteiger partial charge in [-0.15, -0.1) is 23.5 Å². The topological polar surface area (TPSA) is 150 Å². The van der Waals surface area contributed by atoms with Crippen LogP contribution in [0.15, 0.2) is 47.4 Å². The summed E-state index contributed by atoms with van der Waals surface area (Å²) in [5, 5.41) is 23.2. The third kappa shape index (κ3) is 17.0. The molecule has 0 spiro atoms. The van der Waals surface area contributed by atoms with Crippen molar-refractivity contribution in [1.29, 1.82) is 0 Å². The van der Waals surface area contributed by atoms with Gasteiger partial charge in [0.15, 0.2) is 5.78 Å². The number of hydrogen-bond acceptors (Lipinski definition) is 7. The quantitative estimate of drug-likeness (QED) is 0.0378. The van der Waals surface area contributed by atoms with Gasteiger partial charge in [-0.1, -0.05) is 116 Å². The molecule has 0 aromatic heterocycles. The van der Waals surface area contributed by atoms with Crippen LogP contribution in [0.25, 0.3) is 0 Å². The van der Waals surface area contributed by atoms with Crippen molar-refractivity contribution in [3.63, 3.8) is 0 Å². The summed E-state index contributed by atoms with van der Waals surface area (Å²) in [6.07, 6.45) is 20.5. The number of nitrogens with one attached hydrogen (secondary N) is 2. The molecule has 0 aliphatic heterocycles. The van der Waals surface area contributed by atoms with E-state index in [1.807, 2.05) is 6.92 Å². The van der Waals surface area contributed by atoms with E-state index in [4.69, 9.17) is 0 Å². The zero-order valence-electron chi connectivity index (χ0n) is 31.6. The fourth-order valence-corrected chi connectivity index (χ4v) is 8.20. The Morgan fingerprint density at radius 2 is 1.17 bits per heavy atom. The van der Waals surface area contributed by atoms with Crippen LogP contribution in [0.4, 0.5) is 5.69 Å². The van der Waals surface area contributed by atoms with Crippen LogP contribution in [0.2, 0.25) is 0 Å². The van der Waals surface area contributed by atoms with Crippen LogP contribution in [0.1, 0.15) is 162 Å². The van der Waals surface area contributed by atoms with Crippen molar-refractivity contribution in [2.75, 3.05) is 17.6 Å². The van der Waals surface area contributed by atoms with E-state index in [0.717, 1.165) is 49.2 Å². The van der Waals surface area contributed by atoms with E-state index in [-0.39, 0.29) is 28.5 Å². The number of unbranched alkanes of at least 4 members (excludes halogenated alkanes) is 15. The molecule has 1 unspecified atom stereocenters. The maximum absolute atomic E-state index is 13.8. The summed E-state index contributed by atoms with van der Waals surface area (Å²) < 4.78 is -0.930. The lowest BCUT2D eigenvalue weighted by Crippen LogP contribution is -2.42. The largest absolute Gasteiger partial charge is 0.478 e. The molecule has 0 aliphatic carbocycles. The van der Waals surface area contributed by atoms with E-state index in [1.165, 1.54) is 95.2 Å². The second kappa shape index (κ2) is 24.8. The first-order valence-electron chi connectivity index (χ1n) is 19.0. The molecule has 288 valence electrons. The highest BCUT2D eigenvalue weighted by atomic mass is 32.2. The third-order valence-electron chi connectivity index (χ3n) is 8.94. The van der Waals surface area contributed by atoms with Gasteiger partial charge in [-0.25, -0.2) is 9.59 Å². The number of hydrogen-bond donors (Lipinski definition) is 4. The Bertz CT molecular complexity index is 1410. The lowest BCUT2D eigenvalue weighted by atomic mass is 10.0. The number of carbonyl (C=O) groups is 5. The molecule has 0 aliphatic rings. The average Bonchev–Trinajstić information content (AvgIpc) is 3.11. The van der Waals surface area contributed by atoms with Crippen molar-refractivity contribution in [3.05, 3.63) is 59.2 Å². The Balaban J connectivity index is 1.88. The Morgan fingerprint density at radius 3 is 1.65 bits per heavy atom. The number of thioether (sulfide) groups is 2. The van der Waals surface area contributed by atoms with Gasteiger partial charge in [0, 0.05) is 22.7 Å². The standard InChI is InChI=1S/C41H60N2O7S2/c1-5-7-8-9-10-11-12-13-14-15-16-17-18-19-20-21-25-42-37(45)30-23-22-24-34(29-30)52-35(36(44)41(3,4)51-6-2)38(46)43-33-27-31(39(47)48)26-32(28-33)40(49)50/h22-24,26-29,35H,5-21,25H2,1-4H3,(H,42,45)(H,43,46)(H,47,48)(H,49,50). The van der Waals surface area contributed by atoms with Gasteiger partial charge in [-0.3, -0.25) is 14.4 Å². The van der Waals surface area contributed by atoms with Gasteiger partial charge in [-0.2, -0.15) is 0 Å². The van der Waals surface area contributed by atoms with Crippen molar-refractivity contribution >= 4 is 58.7 Å². The lowest BCUT2D eigenvalue weighted by molar-refractivity contribution is -0.125. The molecule has 52 heavy (non-hydrogen) atoms. The van der Waals surface area contributed by atoms with Crippen molar-refractivity contribution < 1.29 is 34.2 Å². The van der Waals surface area contributed by atoms with Crippen LogP contribution >= 0.6 is 23.5 Å². The molecule has 0 saturated heterocycles. The average molecular weight is 757 g/mol. The molecule has 0 heterocycles. The van der Waals surface area contributed by atoms with Crippen LogP contribution in [0.5, 0.6) is 0 Å². The molecule has 0 radical (unpaired) electrons. The Morgan fingerprint density at radius 1 is 0.673 bits per heavy atom. The summed E-state index contributed by atoms with van der Waals surface area (Å²) >= 11 is 2.38. The Kier molecular flexibility index (Phi) is 21.4. The smallest absolute Gasteiger partial charge is 0.335 e. The van der Waals surface area contributed by atoms with E-state index >= 15 is 0 Å². The van der Waals surface area contributed by atoms with Crippen LogP contribution in [-0.4, -0.2) is 62.0 Å². The summed E-state index contributed by atoms with van der Waals surface area (Å²) in [5.41, 5.74) is -0.267. The van der Waals surface area contributed by atoms with E-state index < -0.39 is 27.8 Å². The van der Waals surface area contributed by atoms with Crippen LogP contribution in [0.3, 0.4) is 0 Å². The molecule has 0 saturated carbocycles. The second-order valence-corrected chi connectivity index (χ2v) is 16.9. The maximum Gasteiger partial charge on any atom is 0.335 e. The van der Waals surface area contributed by atoms with Crippen LogP contribution < -0.4 is 10.6 Å². The normalized spacial score (nSPS) is 11.9. The zero-order chi connectivity index (χ0) is 38.4. The Hall–Kier alpha value is -3.31. The van der Waals surface area contributed by atoms with E-state index in [0.29, 0.717) is 22.8 Å². The molecule has 2 aromatic rings. The molecule has 11 heteroatoms. The highest BCUT2D eigenvalue weighted by molar-refractivity contribution is 8.03. The van der Waals surface area contributed by atoms with Crippen LogP contribution in [0, 0.1) is 0 Å². The number of amides is 2. The number of carbonyl (C=O) groups excluding carboxylic acids is 3. The van der Waals surface area contributed by atoms with Gasteiger partial charge in [0.2, 0.25) is 5.91 Å². The Labute approximate surface area is 319 Å². The molecule has 0 fully saturated rings. The number of benzene rings is 2. The van der Waals surface area contributed by atoms with Crippen molar-refractivity contribution in [3.8, 4) is 0 Å². The van der Waals surface area contributed by atoms with Crippen LogP contribution in [-0.2, 0) is 9.59 Å². The number of ketones is 1. The first kappa shape index (κ1) is 44.8. The number of Topliss-reactive ketones (excluding diaryl/α,β-unsaturated/α-hetero) is 1. The first-order chi connectivity index (χ1) is 24.9. The van der Waals surface area contributed by atoms with Crippen molar-refractivity contribution in [2.45, 2.75) is 145 Å². The summed E-state index contributed by atoms with van der Waals surface area (Å²) in [6.45, 7) is 8.21. The second-order valence-electron chi connectivity index (χ2n) is 13.8. The number of rotatable bonds is 28.